The number of hydrogen-bond donors (Lipinski definition) is 2. The predicted molar refractivity (Wildman–Crippen MR) is 45.2 cm³/mol. The molecule has 0 saturated carbocycles. The lowest BCUT2D eigenvalue weighted by Crippen LogP contribution is -2.04. The summed E-state index contributed by atoms with van der Waals surface area (Å²) in [6, 6.07) is 1.80. The molecule has 0 atom stereocenters. The first-order valence-electron chi connectivity index (χ1n) is 3.01. The topological polar surface area (TPSA) is 75.7 Å². The zero-order chi connectivity index (χ0) is 8.10. The highest BCUT2D eigenvalue weighted by molar-refractivity contribution is 8.13. The molecule has 3 N–H and O–H groups in total. The molecule has 0 radical (unpaired) electrons. The van der Waals surface area contributed by atoms with Gasteiger partial charge in [-0.15, -0.1) is 0 Å². The quantitative estimate of drug-likeness (QED) is 0.501. The van der Waals surface area contributed by atoms with Gasteiger partial charge in [0.1, 0.15) is 6.33 Å². The minimum absolute atomic E-state index is 0.114. The summed E-state index contributed by atoms with van der Waals surface area (Å²) in [5.41, 5.74) is 6.03. The molecule has 5 heteroatoms. The van der Waals surface area contributed by atoms with Crippen LogP contribution in [0.2, 0.25) is 0 Å². The molecule has 11 heavy (non-hydrogen) atoms. The fraction of sp³-hybridized carbons (Fsp3) is 0.167. The third-order valence-electron chi connectivity index (χ3n) is 1.02. The molecular weight excluding hydrogens is 160 g/mol. The molecule has 0 amide bonds. The standard InChI is InChI=1S/C6H8N4S/c7-6(8)11-3-5-1-2-9-4-10-5/h1-2,4H,3H2,(H3,7,8). The van der Waals surface area contributed by atoms with Crippen LogP contribution in [-0.4, -0.2) is 15.1 Å². The third-order valence-corrected chi connectivity index (χ3v) is 1.77. The number of aromatic nitrogens is 2. The van der Waals surface area contributed by atoms with Gasteiger partial charge in [0.25, 0.3) is 0 Å². The van der Waals surface area contributed by atoms with E-state index in [0.717, 1.165) is 5.69 Å². The van der Waals surface area contributed by atoms with E-state index in [4.69, 9.17) is 11.1 Å². The van der Waals surface area contributed by atoms with Gasteiger partial charge in [-0.2, -0.15) is 0 Å². The maximum atomic E-state index is 6.94. The highest BCUT2D eigenvalue weighted by atomic mass is 32.2. The summed E-state index contributed by atoms with van der Waals surface area (Å²) in [6.45, 7) is 0. The SMILES string of the molecule is N=C(N)SCc1ccncn1. The number of amidine groups is 1. The van der Waals surface area contributed by atoms with Gasteiger partial charge in [-0.1, -0.05) is 11.8 Å². The molecule has 0 spiro atoms. The molecular formula is C6H8N4S. The number of nitrogens with one attached hydrogen (secondary N) is 1. The van der Waals surface area contributed by atoms with E-state index < -0.39 is 0 Å². The van der Waals surface area contributed by atoms with Crippen LogP contribution in [0.4, 0.5) is 0 Å². The molecule has 1 heterocycles. The van der Waals surface area contributed by atoms with Crippen LogP contribution in [-0.2, 0) is 5.75 Å². The lowest BCUT2D eigenvalue weighted by Gasteiger charge is -1.96. The summed E-state index contributed by atoms with van der Waals surface area (Å²) < 4.78 is 0. The van der Waals surface area contributed by atoms with Crippen molar-refractivity contribution in [1.82, 2.24) is 9.97 Å². The minimum atomic E-state index is 0.114. The van der Waals surface area contributed by atoms with Gasteiger partial charge in [-0.25, -0.2) is 9.97 Å². The molecule has 0 aromatic carbocycles. The van der Waals surface area contributed by atoms with Crippen LogP contribution in [0.15, 0.2) is 18.6 Å². The highest BCUT2D eigenvalue weighted by Gasteiger charge is 1.94. The Morgan fingerprint density at radius 2 is 2.55 bits per heavy atom. The van der Waals surface area contributed by atoms with E-state index in [0.29, 0.717) is 5.75 Å². The van der Waals surface area contributed by atoms with Crippen LogP contribution in [0.5, 0.6) is 0 Å². The van der Waals surface area contributed by atoms with Gasteiger partial charge >= 0.3 is 0 Å². The summed E-state index contributed by atoms with van der Waals surface area (Å²) in [4.78, 5) is 7.73. The lowest BCUT2D eigenvalue weighted by atomic mass is 10.5. The van der Waals surface area contributed by atoms with Crippen LogP contribution in [0.1, 0.15) is 5.69 Å². The van der Waals surface area contributed by atoms with E-state index in [1.807, 2.05) is 0 Å². The van der Waals surface area contributed by atoms with Crippen molar-refractivity contribution in [2.24, 2.45) is 5.73 Å². The number of nitrogens with two attached hydrogens (primary N) is 1. The van der Waals surface area contributed by atoms with Crippen LogP contribution in [0.25, 0.3) is 0 Å². The molecule has 0 fully saturated rings. The Morgan fingerprint density at radius 1 is 1.73 bits per heavy atom. The Morgan fingerprint density at radius 3 is 3.09 bits per heavy atom. The average molecular weight is 168 g/mol. The van der Waals surface area contributed by atoms with E-state index in [2.05, 4.69) is 9.97 Å². The Balaban J connectivity index is 2.45. The monoisotopic (exact) mass is 168 g/mol. The molecule has 0 saturated heterocycles. The Kier molecular flexibility index (Phi) is 2.85. The summed E-state index contributed by atoms with van der Waals surface area (Å²) in [6.07, 6.45) is 3.15. The molecule has 0 unspecified atom stereocenters. The number of thioether (sulfide) groups is 1. The zero-order valence-electron chi connectivity index (χ0n) is 5.82. The van der Waals surface area contributed by atoms with Gasteiger partial charge in [0.05, 0.1) is 5.69 Å². The largest absolute Gasteiger partial charge is 0.379 e. The molecule has 4 nitrogen and oxygen atoms in total. The maximum absolute atomic E-state index is 6.94. The predicted octanol–water partition coefficient (Wildman–Crippen LogP) is 0.603. The second kappa shape index (κ2) is 3.92. The van der Waals surface area contributed by atoms with Crippen LogP contribution in [0.3, 0.4) is 0 Å². The van der Waals surface area contributed by atoms with Crippen molar-refractivity contribution in [1.29, 1.82) is 5.41 Å². The average Bonchev–Trinajstić information content (AvgIpc) is 2.03. The van der Waals surface area contributed by atoms with Crippen molar-refractivity contribution in [3.05, 3.63) is 24.3 Å². The first-order chi connectivity index (χ1) is 5.29. The number of nitrogens with zero attached hydrogens (tertiary/aromatic N) is 2. The van der Waals surface area contributed by atoms with Crippen molar-refractivity contribution in [2.75, 3.05) is 0 Å². The first-order valence-corrected chi connectivity index (χ1v) is 3.99. The van der Waals surface area contributed by atoms with Gasteiger partial charge in [-0.05, 0) is 6.07 Å². The fourth-order valence-electron chi connectivity index (χ4n) is 0.555. The van der Waals surface area contributed by atoms with E-state index in [1.165, 1.54) is 18.1 Å². The second-order valence-corrected chi connectivity index (χ2v) is 2.87. The molecule has 1 aromatic rings. The van der Waals surface area contributed by atoms with E-state index >= 15 is 0 Å². The molecule has 0 bridgehead atoms. The summed E-state index contributed by atoms with van der Waals surface area (Å²) in [7, 11) is 0. The van der Waals surface area contributed by atoms with Gasteiger partial charge in [0.15, 0.2) is 5.17 Å². The van der Waals surface area contributed by atoms with Gasteiger partial charge in [0, 0.05) is 11.9 Å². The number of hydrogen-bond acceptors (Lipinski definition) is 4. The molecule has 1 aromatic heterocycles. The molecule has 0 aliphatic heterocycles. The van der Waals surface area contributed by atoms with Crippen molar-refractivity contribution in [2.45, 2.75) is 5.75 Å². The Bertz CT molecular complexity index is 236. The number of rotatable bonds is 2. The Hall–Kier alpha value is -1.10. The minimum Gasteiger partial charge on any atom is -0.379 e. The molecule has 58 valence electrons. The highest BCUT2D eigenvalue weighted by Crippen LogP contribution is 2.06. The Labute approximate surface area is 68.7 Å². The molecule has 1 rings (SSSR count). The van der Waals surface area contributed by atoms with Crippen LogP contribution >= 0.6 is 11.8 Å². The third kappa shape index (κ3) is 2.99. The smallest absolute Gasteiger partial charge is 0.151 e. The van der Waals surface area contributed by atoms with Crippen molar-refractivity contribution in [3.63, 3.8) is 0 Å². The van der Waals surface area contributed by atoms with Crippen LogP contribution < -0.4 is 5.73 Å². The molecule has 0 aliphatic carbocycles. The normalized spacial score (nSPS) is 9.45. The van der Waals surface area contributed by atoms with E-state index in [1.54, 1.807) is 12.3 Å². The second-order valence-electron chi connectivity index (χ2n) is 1.85. The zero-order valence-corrected chi connectivity index (χ0v) is 6.64. The van der Waals surface area contributed by atoms with Crippen molar-refractivity contribution >= 4 is 16.9 Å². The summed E-state index contributed by atoms with van der Waals surface area (Å²) in [5, 5.41) is 7.06. The van der Waals surface area contributed by atoms with Crippen molar-refractivity contribution in [3.8, 4) is 0 Å². The first kappa shape index (κ1) is 8.00. The van der Waals surface area contributed by atoms with Crippen LogP contribution in [0, 0.1) is 5.41 Å². The van der Waals surface area contributed by atoms with Crippen molar-refractivity contribution < 1.29 is 0 Å². The van der Waals surface area contributed by atoms with Gasteiger partial charge in [0.2, 0.25) is 0 Å². The fourth-order valence-corrected chi connectivity index (χ4v) is 1.03. The summed E-state index contributed by atoms with van der Waals surface area (Å²) in [5.74, 6) is 0.637. The lowest BCUT2D eigenvalue weighted by molar-refractivity contribution is 1.09. The summed E-state index contributed by atoms with van der Waals surface area (Å²) >= 11 is 1.26. The van der Waals surface area contributed by atoms with E-state index in [9.17, 15) is 0 Å². The maximum Gasteiger partial charge on any atom is 0.151 e. The van der Waals surface area contributed by atoms with Gasteiger partial charge in [-0.3, -0.25) is 5.41 Å². The van der Waals surface area contributed by atoms with Gasteiger partial charge < -0.3 is 5.73 Å². The molecule has 0 aliphatic rings. The van der Waals surface area contributed by atoms with E-state index in [-0.39, 0.29) is 5.17 Å².